The summed E-state index contributed by atoms with van der Waals surface area (Å²) in [4.78, 5) is 0. The monoisotopic (exact) mass is 177 g/mol. The number of hydrazone groups is 1. The summed E-state index contributed by atoms with van der Waals surface area (Å²) in [5.74, 6) is 0. The van der Waals surface area contributed by atoms with Gasteiger partial charge in [-0.25, -0.2) is 0 Å². The molecule has 2 heterocycles. The van der Waals surface area contributed by atoms with Crippen molar-refractivity contribution in [3.8, 4) is 0 Å². The number of hydrogen-bond acceptors (Lipinski definition) is 2. The van der Waals surface area contributed by atoms with Crippen molar-refractivity contribution in [2.24, 2.45) is 12.1 Å². The van der Waals surface area contributed by atoms with Crippen molar-refractivity contribution < 1.29 is 0 Å². The van der Waals surface area contributed by atoms with Crippen LogP contribution in [0.4, 0.5) is 0 Å². The highest BCUT2D eigenvalue weighted by atomic mass is 15.5. The number of nitrogens with zero attached hydrogens (tertiary/aromatic N) is 3. The molecule has 3 nitrogen and oxygen atoms in total. The number of rotatable bonds is 1. The fourth-order valence-electron chi connectivity index (χ4n) is 1.85. The Kier molecular flexibility index (Phi) is 1.87. The third-order valence-corrected chi connectivity index (χ3v) is 2.51. The molecule has 0 bridgehead atoms. The van der Waals surface area contributed by atoms with E-state index in [1.165, 1.54) is 11.3 Å². The molecule has 13 heavy (non-hydrogen) atoms. The molecule has 2 rings (SSSR count). The molecular formula is C10H15N3. The minimum Gasteiger partial charge on any atom is -0.357 e. The third kappa shape index (κ3) is 1.46. The molecule has 3 heteroatoms. The van der Waals surface area contributed by atoms with Crippen molar-refractivity contribution in [3.63, 3.8) is 0 Å². The lowest BCUT2D eigenvalue weighted by atomic mass is 10.1. The second-order valence-corrected chi connectivity index (χ2v) is 3.74. The second kappa shape index (κ2) is 2.91. The number of aromatic nitrogens is 1. The molecule has 0 radical (unpaired) electrons. The molecule has 70 valence electrons. The molecule has 0 aromatic carbocycles. The van der Waals surface area contributed by atoms with Crippen LogP contribution in [0.3, 0.4) is 0 Å². The quantitative estimate of drug-likeness (QED) is 0.640. The van der Waals surface area contributed by atoms with E-state index in [0.717, 1.165) is 6.42 Å². The van der Waals surface area contributed by atoms with Crippen molar-refractivity contribution in [1.82, 2.24) is 9.58 Å². The van der Waals surface area contributed by atoms with Crippen molar-refractivity contribution in [2.75, 3.05) is 7.05 Å². The fourth-order valence-corrected chi connectivity index (χ4v) is 1.85. The van der Waals surface area contributed by atoms with Gasteiger partial charge in [0, 0.05) is 38.6 Å². The number of aryl methyl sites for hydroxylation is 1. The molecule has 0 amide bonds. The Hall–Kier alpha value is -1.25. The van der Waals surface area contributed by atoms with E-state index in [4.69, 9.17) is 0 Å². The van der Waals surface area contributed by atoms with E-state index in [0.29, 0.717) is 6.04 Å². The van der Waals surface area contributed by atoms with Crippen LogP contribution in [0.5, 0.6) is 0 Å². The van der Waals surface area contributed by atoms with Crippen molar-refractivity contribution in [1.29, 1.82) is 0 Å². The highest BCUT2D eigenvalue weighted by Gasteiger charge is 2.23. The standard InChI is InChI=1S/C10H15N3/c1-8-6-10(13(3)11-8)9-4-5-12(2)7-9/h4-5,7,10H,6H2,1-3H3. The molecule has 0 spiro atoms. The summed E-state index contributed by atoms with van der Waals surface area (Å²) < 4.78 is 2.08. The van der Waals surface area contributed by atoms with E-state index < -0.39 is 0 Å². The summed E-state index contributed by atoms with van der Waals surface area (Å²) in [6.45, 7) is 2.08. The summed E-state index contributed by atoms with van der Waals surface area (Å²) in [5.41, 5.74) is 2.57. The maximum absolute atomic E-state index is 4.40. The maximum atomic E-state index is 4.40. The van der Waals surface area contributed by atoms with Gasteiger partial charge in [-0.05, 0) is 18.6 Å². The minimum absolute atomic E-state index is 0.446. The van der Waals surface area contributed by atoms with Gasteiger partial charge in [0.2, 0.25) is 0 Å². The highest BCUT2D eigenvalue weighted by Crippen LogP contribution is 2.28. The topological polar surface area (TPSA) is 20.5 Å². The van der Waals surface area contributed by atoms with Gasteiger partial charge in [0.05, 0.1) is 6.04 Å². The first kappa shape index (κ1) is 8.35. The summed E-state index contributed by atoms with van der Waals surface area (Å²) in [6, 6.07) is 2.61. The van der Waals surface area contributed by atoms with Crippen molar-refractivity contribution in [2.45, 2.75) is 19.4 Å². The summed E-state index contributed by atoms with van der Waals surface area (Å²) in [6.07, 6.45) is 5.30. The van der Waals surface area contributed by atoms with Gasteiger partial charge in [0.15, 0.2) is 0 Å². The van der Waals surface area contributed by atoms with E-state index in [9.17, 15) is 0 Å². The van der Waals surface area contributed by atoms with Crippen LogP contribution < -0.4 is 0 Å². The predicted octanol–water partition coefficient (Wildman–Crippen LogP) is 1.78. The van der Waals surface area contributed by atoms with Crippen LogP contribution in [0.2, 0.25) is 0 Å². The lowest BCUT2D eigenvalue weighted by Crippen LogP contribution is -2.13. The zero-order valence-corrected chi connectivity index (χ0v) is 8.36. The normalized spacial score (nSPS) is 22.2. The van der Waals surface area contributed by atoms with Crippen LogP contribution in [0, 0.1) is 0 Å². The molecule has 0 aliphatic carbocycles. The van der Waals surface area contributed by atoms with E-state index >= 15 is 0 Å². The molecule has 1 unspecified atom stereocenters. The van der Waals surface area contributed by atoms with Crippen LogP contribution in [0.25, 0.3) is 0 Å². The first-order chi connectivity index (χ1) is 6.16. The first-order valence-corrected chi connectivity index (χ1v) is 4.55. The van der Waals surface area contributed by atoms with Crippen LogP contribution >= 0.6 is 0 Å². The fraction of sp³-hybridized carbons (Fsp3) is 0.500. The van der Waals surface area contributed by atoms with Crippen LogP contribution in [0.1, 0.15) is 24.9 Å². The molecule has 1 aromatic rings. The van der Waals surface area contributed by atoms with Crippen molar-refractivity contribution >= 4 is 5.71 Å². The molecule has 1 aliphatic heterocycles. The van der Waals surface area contributed by atoms with Crippen LogP contribution in [-0.2, 0) is 7.05 Å². The molecule has 0 saturated carbocycles. The Bertz CT molecular complexity index is 338. The zero-order chi connectivity index (χ0) is 9.42. The maximum Gasteiger partial charge on any atom is 0.0783 e. The Morgan fingerprint density at radius 2 is 2.23 bits per heavy atom. The van der Waals surface area contributed by atoms with E-state index in [2.05, 4.69) is 35.1 Å². The van der Waals surface area contributed by atoms with E-state index in [1.807, 2.05) is 19.1 Å². The van der Waals surface area contributed by atoms with Gasteiger partial charge in [-0.3, -0.25) is 5.01 Å². The first-order valence-electron chi connectivity index (χ1n) is 4.55. The van der Waals surface area contributed by atoms with Crippen LogP contribution in [0.15, 0.2) is 23.6 Å². The average Bonchev–Trinajstić information content (AvgIpc) is 2.58. The lowest BCUT2D eigenvalue weighted by molar-refractivity contribution is 0.290. The van der Waals surface area contributed by atoms with Gasteiger partial charge in [-0.2, -0.15) is 5.10 Å². The van der Waals surface area contributed by atoms with Gasteiger partial charge in [0.1, 0.15) is 0 Å². The van der Waals surface area contributed by atoms with Gasteiger partial charge < -0.3 is 4.57 Å². The molecule has 0 fully saturated rings. The van der Waals surface area contributed by atoms with Gasteiger partial charge >= 0.3 is 0 Å². The molecule has 0 N–H and O–H groups in total. The SMILES string of the molecule is CC1=NN(C)C(c2ccn(C)c2)C1. The molecular weight excluding hydrogens is 162 g/mol. The Morgan fingerprint density at radius 3 is 2.69 bits per heavy atom. The highest BCUT2D eigenvalue weighted by molar-refractivity contribution is 5.83. The lowest BCUT2D eigenvalue weighted by Gasteiger charge is -2.17. The summed E-state index contributed by atoms with van der Waals surface area (Å²) in [7, 11) is 4.08. The second-order valence-electron chi connectivity index (χ2n) is 3.74. The van der Waals surface area contributed by atoms with Crippen molar-refractivity contribution in [3.05, 3.63) is 24.0 Å². The minimum atomic E-state index is 0.446. The molecule has 1 aromatic heterocycles. The van der Waals surface area contributed by atoms with Gasteiger partial charge in [-0.15, -0.1) is 0 Å². The Balaban J connectivity index is 2.20. The summed E-state index contributed by atoms with van der Waals surface area (Å²) >= 11 is 0. The molecule has 1 aliphatic rings. The van der Waals surface area contributed by atoms with E-state index in [-0.39, 0.29) is 0 Å². The predicted molar refractivity (Wildman–Crippen MR) is 53.6 cm³/mol. The zero-order valence-electron chi connectivity index (χ0n) is 8.36. The molecule has 1 atom stereocenters. The smallest absolute Gasteiger partial charge is 0.0783 e. The number of hydrogen-bond donors (Lipinski definition) is 0. The Morgan fingerprint density at radius 1 is 1.46 bits per heavy atom. The summed E-state index contributed by atoms with van der Waals surface area (Å²) in [5, 5.41) is 6.44. The largest absolute Gasteiger partial charge is 0.357 e. The third-order valence-electron chi connectivity index (χ3n) is 2.51. The van der Waals surface area contributed by atoms with Gasteiger partial charge in [0.25, 0.3) is 0 Å². The average molecular weight is 177 g/mol. The van der Waals surface area contributed by atoms with Crippen LogP contribution in [-0.4, -0.2) is 22.3 Å². The Labute approximate surface area is 78.7 Å². The molecule has 0 saturated heterocycles. The van der Waals surface area contributed by atoms with Gasteiger partial charge in [-0.1, -0.05) is 0 Å². The van der Waals surface area contributed by atoms with E-state index in [1.54, 1.807) is 0 Å².